The van der Waals surface area contributed by atoms with Crippen molar-refractivity contribution >= 4 is 51.8 Å². The zero-order chi connectivity index (χ0) is 18.8. The Morgan fingerprint density at radius 3 is 2.37 bits per heavy atom. The highest BCUT2D eigenvalue weighted by Crippen LogP contribution is 2.34. The minimum atomic E-state index is -0.265. The lowest BCUT2D eigenvalue weighted by molar-refractivity contribution is 0.0980. The number of nitrogens with zero attached hydrogens (tertiary/aromatic N) is 2. The fraction of sp³-hybridized carbons (Fsp3) is 0.0952. The lowest BCUT2D eigenvalue weighted by Gasteiger charge is -2.19. The fourth-order valence-corrected chi connectivity index (χ4v) is 3.79. The van der Waals surface area contributed by atoms with Crippen LogP contribution in [0.2, 0.25) is 5.02 Å². The van der Waals surface area contributed by atoms with Gasteiger partial charge < -0.3 is 5.32 Å². The summed E-state index contributed by atoms with van der Waals surface area (Å²) in [5.74, 6) is 0.121. The van der Waals surface area contributed by atoms with E-state index in [1.54, 1.807) is 6.07 Å². The fourth-order valence-electron chi connectivity index (χ4n) is 3.04. The molecule has 134 valence electrons. The SMILES string of the molecule is CC1=Nc2ccccc2N=C(NC(=O)c2cccs2)[C@H]1c1ccc(Cl)cc1. The number of halogens is 1. The normalized spacial score (nSPS) is 16.0. The van der Waals surface area contributed by atoms with E-state index in [-0.39, 0.29) is 11.8 Å². The Labute approximate surface area is 166 Å². The summed E-state index contributed by atoms with van der Waals surface area (Å²) in [4.78, 5) is 22.9. The number of carbonyl (C=O) groups excluding carboxylic acids is 1. The number of amides is 1. The maximum atomic E-state index is 12.7. The highest BCUT2D eigenvalue weighted by Gasteiger charge is 2.27. The van der Waals surface area contributed by atoms with Crippen LogP contribution >= 0.6 is 22.9 Å². The molecule has 0 aliphatic carbocycles. The third kappa shape index (κ3) is 3.70. The molecule has 1 amide bonds. The predicted octanol–water partition coefficient (Wildman–Crippen LogP) is 5.75. The third-order valence-corrected chi connectivity index (χ3v) is 5.42. The standard InChI is InChI=1S/C21H16ClN3OS/c1-13-19(14-8-10-15(22)11-9-14)20(25-21(26)18-7-4-12-27-18)24-17-6-3-2-5-16(17)23-13/h2-12,19H,1H3,(H,24,25,26)/t19-/m1/s1. The second kappa shape index (κ2) is 7.47. The molecule has 4 nitrogen and oxygen atoms in total. The number of hydrogen-bond donors (Lipinski definition) is 1. The van der Waals surface area contributed by atoms with Crippen molar-refractivity contribution in [2.75, 3.05) is 0 Å². The molecule has 27 heavy (non-hydrogen) atoms. The van der Waals surface area contributed by atoms with Gasteiger partial charge in [-0.05, 0) is 48.2 Å². The Morgan fingerprint density at radius 1 is 1.00 bits per heavy atom. The van der Waals surface area contributed by atoms with E-state index in [1.165, 1.54) is 11.3 Å². The van der Waals surface area contributed by atoms with Gasteiger partial charge in [-0.15, -0.1) is 11.3 Å². The number of para-hydroxylation sites is 2. The Kier molecular flexibility index (Phi) is 4.88. The molecule has 4 rings (SSSR count). The molecule has 1 aliphatic heterocycles. The lowest BCUT2D eigenvalue weighted by Crippen LogP contribution is -2.36. The molecule has 0 spiro atoms. The molecule has 2 aromatic carbocycles. The number of hydrogen-bond acceptors (Lipinski definition) is 4. The van der Waals surface area contributed by atoms with Crippen LogP contribution in [0.3, 0.4) is 0 Å². The highest BCUT2D eigenvalue weighted by atomic mass is 35.5. The van der Waals surface area contributed by atoms with Gasteiger partial charge in [0.2, 0.25) is 0 Å². The molecule has 6 heteroatoms. The van der Waals surface area contributed by atoms with Gasteiger partial charge in [0.05, 0.1) is 22.2 Å². The molecule has 0 bridgehead atoms. The van der Waals surface area contributed by atoms with Crippen LogP contribution in [0, 0.1) is 0 Å². The maximum Gasteiger partial charge on any atom is 0.266 e. The minimum Gasteiger partial charge on any atom is -0.309 e. The quantitative estimate of drug-likeness (QED) is 0.592. The first-order chi connectivity index (χ1) is 13.1. The van der Waals surface area contributed by atoms with Gasteiger partial charge in [0.1, 0.15) is 5.84 Å². The second-order valence-electron chi connectivity index (χ2n) is 6.15. The zero-order valence-electron chi connectivity index (χ0n) is 14.5. The molecule has 0 saturated heterocycles. The van der Waals surface area contributed by atoms with Crippen LogP contribution in [0.25, 0.3) is 0 Å². The summed E-state index contributed by atoms with van der Waals surface area (Å²) in [5, 5.41) is 5.54. The molecular weight excluding hydrogens is 378 g/mol. The Hall–Kier alpha value is -2.76. The van der Waals surface area contributed by atoms with Crippen LogP contribution in [-0.4, -0.2) is 17.5 Å². The molecule has 1 atom stereocenters. The van der Waals surface area contributed by atoms with E-state index >= 15 is 0 Å². The van der Waals surface area contributed by atoms with Crippen molar-refractivity contribution in [3.63, 3.8) is 0 Å². The summed E-state index contributed by atoms with van der Waals surface area (Å²) < 4.78 is 0. The third-order valence-electron chi connectivity index (χ3n) is 4.30. The number of nitrogens with one attached hydrogen (secondary N) is 1. The average Bonchev–Trinajstić information content (AvgIpc) is 3.15. The molecular formula is C21H16ClN3OS. The van der Waals surface area contributed by atoms with Crippen LogP contribution in [0.5, 0.6) is 0 Å². The first kappa shape index (κ1) is 17.6. The van der Waals surface area contributed by atoms with Crippen molar-refractivity contribution in [1.82, 2.24) is 5.32 Å². The van der Waals surface area contributed by atoms with Gasteiger partial charge in [-0.2, -0.15) is 0 Å². The van der Waals surface area contributed by atoms with Crippen molar-refractivity contribution in [3.05, 3.63) is 81.5 Å². The van der Waals surface area contributed by atoms with Crippen LogP contribution in [0.15, 0.2) is 76.0 Å². The van der Waals surface area contributed by atoms with Gasteiger partial charge in [0, 0.05) is 10.7 Å². The highest BCUT2D eigenvalue weighted by molar-refractivity contribution is 7.12. The summed E-state index contributed by atoms with van der Waals surface area (Å²) in [6.45, 7) is 1.95. The number of amidine groups is 1. The van der Waals surface area contributed by atoms with Gasteiger partial charge in [0.25, 0.3) is 5.91 Å². The van der Waals surface area contributed by atoms with E-state index in [4.69, 9.17) is 21.6 Å². The maximum absolute atomic E-state index is 12.7. The second-order valence-corrected chi connectivity index (χ2v) is 7.54. The van der Waals surface area contributed by atoms with E-state index in [0.717, 1.165) is 22.6 Å². The number of carbonyl (C=O) groups is 1. The smallest absolute Gasteiger partial charge is 0.266 e. The van der Waals surface area contributed by atoms with Gasteiger partial charge in [-0.3, -0.25) is 9.79 Å². The molecule has 2 heterocycles. The summed E-state index contributed by atoms with van der Waals surface area (Å²) in [7, 11) is 0. The molecule has 0 unspecified atom stereocenters. The summed E-state index contributed by atoms with van der Waals surface area (Å²) in [6, 6.07) is 18.9. The first-order valence-electron chi connectivity index (χ1n) is 8.45. The van der Waals surface area contributed by atoms with E-state index in [1.807, 2.05) is 66.9 Å². The molecule has 0 radical (unpaired) electrons. The average molecular weight is 394 g/mol. The summed E-state index contributed by atoms with van der Waals surface area (Å²) in [6.07, 6.45) is 0. The summed E-state index contributed by atoms with van der Waals surface area (Å²) in [5.41, 5.74) is 3.34. The van der Waals surface area contributed by atoms with Gasteiger partial charge in [-0.25, -0.2) is 4.99 Å². The van der Waals surface area contributed by atoms with Crippen molar-refractivity contribution in [2.24, 2.45) is 9.98 Å². The first-order valence-corrected chi connectivity index (χ1v) is 9.71. The van der Waals surface area contributed by atoms with E-state index in [9.17, 15) is 4.79 Å². The van der Waals surface area contributed by atoms with E-state index in [0.29, 0.717) is 15.7 Å². The van der Waals surface area contributed by atoms with Crippen LogP contribution in [-0.2, 0) is 0 Å². The Morgan fingerprint density at radius 2 is 1.70 bits per heavy atom. The molecule has 3 aromatic rings. The van der Waals surface area contributed by atoms with Gasteiger partial charge in [-0.1, -0.05) is 41.9 Å². The zero-order valence-corrected chi connectivity index (χ0v) is 16.1. The number of rotatable bonds is 2. The van der Waals surface area contributed by atoms with Gasteiger partial charge >= 0.3 is 0 Å². The minimum absolute atomic E-state index is 0.171. The topological polar surface area (TPSA) is 53.8 Å². The molecule has 0 saturated carbocycles. The number of aliphatic imine (C=N–C) groups is 2. The lowest BCUT2D eigenvalue weighted by atomic mass is 9.93. The molecule has 1 aliphatic rings. The largest absolute Gasteiger partial charge is 0.309 e. The Balaban J connectivity index is 1.81. The van der Waals surface area contributed by atoms with Crippen molar-refractivity contribution in [2.45, 2.75) is 12.8 Å². The summed E-state index contributed by atoms with van der Waals surface area (Å²) >= 11 is 7.45. The number of benzene rings is 2. The van der Waals surface area contributed by atoms with Crippen molar-refractivity contribution < 1.29 is 4.79 Å². The van der Waals surface area contributed by atoms with Crippen LogP contribution in [0.4, 0.5) is 11.4 Å². The Bertz CT molecular complexity index is 1040. The molecule has 1 aromatic heterocycles. The van der Waals surface area contributed by atoms with Gasteiger partial charge in [0.15, 0.2) is 0 Å². The monoisotopic (exact) mass is 393 g/mol. The van der Waals surface area contributed by atoms with Crippen LogP contribution < -0.4 is 5.32 Å². The van der Waals surface area contributed by atoms with Crippen molar-refractivity contribution in [3.8, 4) is 0 Å². The van der Waals surface area contributed by atoms with E-state index < -0.39 is 0 Å². The predicted molar refractivity (Wildman–Crippen MR) is 112 cm³/mol. The number of fused-ring (bicyclic) bond motifs is 1. The molecule has 1 N–H and O–H groups in total. The number of thiophene rings is 1. The van der Waals surface area contributed by atoms with Crippen molar-refractivity contribution in [1.29, 1.82) is 0 Å². The molecule has 0 fully saturated rings. The van der Waals surface area contributed by atoms with E-state index in [2.05, 4.69) is 5.32 Å². The van der Waals surface area contributed by atoms with Crippen LogP contribution in [0.1, 0.15) is 28.1 Å².